The summed E-state index contributed by atoms with van der Waals surface area (Å²) in [6.07, 6.45) is 0. The Hall–Kier alpha value is 0.378. The van der Waals surface area contributed by atoms with E-state index in [2.05, 4.69) is 12.6 Å². The predicted octanol–water partition coefficient (Wildman–Crippen LogP) is 0.201. The van der Waals surface area contributed by atoms with Crippen molar-refractivity contribution in [1.82, 2.24) is 0 Å². The SMILES string of the molecule is CC(C)(S)C([AsH2])C(=O)O. The van der Waals surface area contributed by atoms with Crippen LogP contribution in [0.15, 0.2) is 0 Å². The maximum absolute atomic E-state index is 10.3. The van der Waals surface area contributed by atoms with E-state index in [-0.39, 0.29) is 4.71 Å². The van der Waals surface area contributed by atoms with Gasteiger partial charge in [0.2, 0.25) is 0 Å². The molecule has 0 spiro atoms. The molecule has 4 heteroatoms. The van der Waals surface area contributed by atoms with Crippen LogP contribution < -0.4 is 0 Å². The van der Waals surface area contributed by atoms with E-state index in [1.165, 1.54) is 16.9 Å². The molecule has 0 rings (SSSR count). The molecule has 0 amide bonds. The monoisotopic (exact) mass is 210 g/mol. The first-order chi connectivity index (χ1) is 3.85. The third-order valence-electron chi connectivity index (χ3n) is 1.03. The molecule has 2 unspecified atom stereocenters. The van der Waals surface area contributed by atoms with Gasteiger partial charge in [0.25, 0.3) is 0 Å². The summed E-state index contributed by atoms with van der Waals surface area (Å²) in [7, 11) is 0. The molecule has 0 aliphatic carbocycles. The number of rotatable bonds is 2. The number of carbonyl (C=O) groups is 1. The summed E-state index contributed by atoms with van der Waals surface area (Å²) in [6, 6.07) is 0. The van der Waals surface area contributed by atoms with E-state index in [1.807, 2.05) is 0 Å². The first kappa shape index (κ1) is 9.38. The van der Waals surface area contributed by atoms with Crippen LogP contribution in [0.1, 0.15) is 13.8 Å². The van der Waals surface area contributed by atoms with Gasteiger partial charge in [-0.05, 0) is 0 Å². The Balaban J connectivity index is 4.04. The number of hydrogen-bond acceptors (Lipinski definition) is 2. The Morgan fingerprint density at radius 1 is 1.78 bits per heavy atom. The van der Waals surface area contributed by atoms with E-state index in [1.54, 1.807) is 13.8 Å². The molecule has 0 aromatic rings. The maximum atomic E-state index is 10.3. The van der Waals surface area contributed by atoms with Gasteiger partial charge in [-0.2, -0.15) is 0 Å². The molecule has 2 atom stereocenters. The molecule has 0 fully saturated rings. The zero-order valence-electron chi connectivity index (χ0n) is 5.46. The Bertz CT molecular complexity index is 119. The number of aliphatic carboxylic acids is 1. The summed E-state index contributed by atoms with van der Waals surface area (Å²) in [5.74, 6) is -0.769. The molecule has 0 aliphatic rings. The van der Waals surface area contributed by atoms with Crippen LogP contribution in [0.2, 0.25) is 4.71 Å². The van der Waals surface area contributed by atoms with Gasteiger partial charge in [0.1, 0.15) is 0 Å². The van der Waals surface area contributed by atoms with Crippen LogP contribution in [0, 0.1) is 0 Å². The second-order valence-electron chi connectivity index (χ2n) is 2.47. The summed E-state index contributed by atoms with van der Waals surface area (Å²) in [6.45, 7) is 3.60. The van der Waals surface area contributed by atoms with E-state index in [9.17, 15) is 4.79 Å². The molecule has 1 N–H and O–H groups in total. The predicted molar refractivity (Wildman–Crippen MR) is 43.0 cm³/mol. The van der Waals surface area contributed by atoms with Crippen molar-refractivity contribution in [3.63, 3.8) is 0 Å². The van der Waals surface area contributed by atoms with Gasteiger partial charge in [-0.1, -0.05) is 0 Å². The van der Waals surface area contributed by atoms with Gasteiger partial charge in [-0.3, -0.25) is 0 Å². The Kier molecular flexibility index (Phi) is 3.10. The van der Waals surface area contributed by atoms with Crippen molar-refractivity contribution in [1.29, 1.82) is 0 Å². The first-order valence-corrected chi connectivity index (χ1v) is 4.41. The second-order valence-corrected chi connectivity index (χ2v) is 5.02. The third kappa shape index (κ3) is 3.16. The fraction of sp³-hybridized carbons (Fsp3) is 0.800. The molecule has 54 valence electrons. The van der Waals surface area contributed by atoms with Crippen molar-refractivity contribution in [2.75, 3.05) is 0 Å². The number of thiol groups is 1. The van der Waals surface area contributed by atoms with Crippen molar-refractivity contribution in [3.05, 3.63) is 0 Å². The van der Waals surface area contributed by atoms with Crippen LogP contribution in [-0.2, 0) is 4.79 Å². The van der Waals surface area contributed by atoms with Crippen molar-refractivity contribution in [2.45, 2.75) is 23.3 Å². The van der Waals surface area contributed by atoms with Crippen LogP contribution in [0.3, 0.4) is 0 Å². The Labute approximate surface area is 68.9 Å². The summed E-state index contributed by atoms with van der Waals surface area (Å²) >= 11 is 5.33. The molecule has 0 saturated carbocycles. The average Bonchev–Trinajstić information content (AvgIpc) is 1.62. The number of hydrogen-bond donors (Lipinski definition) is 2. The number of carboxylic acid groups (broad SMARTS) is 1. The van der Waals surface area contributed by atoms with Crippen LogP contribution >= 0.6 is 12.6 Å². The van der Waals surface area contributed by atoms with Crippen molar-refractivity contribution < 1.29 is 9.90 Å². The van der Waals surface area contributed by atoms with Crippen molar-refractivity contribution in [2.24, 2.45) is 0 Å². The second kappa shape index (κ2) is 2.98. The average molecular weight is 210 g/mol. The molecule has 9 heavy (non-hydrogen) atoms. The van der Waals surface area contributed by atoms with Gasteiger partial charge in [0.15, 0.2) is 0 Å². The first-order valence-electron chi connectivity index (χ1n) is 2.56. The Morgan fingerprint density at radius 3 is 2.11 bits per heavy atom. The normalized spacial score (nSPS) is 15.1. The molecule has 0 aliphatic heterocycles. The Morgan fingerprint density at radius 2 is 2.11 bits per heavy atom. The molecule has 0 aromatic carbocycles. The van der Waals surface area contributed by atoms with Gasteiger partial charge in [0.05, 0.1) is 0 Å². The van der Waals surface area contributed by atoms with Gasteiger partial charge < -0.3 is 0 Å². The molecule has 0 saturated heterocycles. The fourth-order valence-electron chi connectivity index (χ4n) is 0.302. The van der Waals surface area contributed by atoms with Gasteiger partial charge in [-0.25, -0.2) is 0 Å². The number of carboxylic acids is 1. The summed E-state index contributed by atoms with van der Waals surface area (Å²) in [5.41, 5.74) is 0. The van der Waals surface area contributed by atoms with E-state index < -0.39 is 10.7 Å². The zero-order chi connectivity index (χ0) is 7.65. The van der Waals surface area contributed by atoms with E-state index in [0.717, 1.165) is 0 Å². The summed E-state index contributed by atoms with van der Waals surface area (Å²) in [5, 5.41) is 8.48. The van der Waals surface area contributed by atoms with E-state index >= 15 is 0 Å². The van der Waals surface area contributed by atoms with Gasteiger partial charge in [0, 0.05) is 0 Å². The fourth-order valence-corrected chi connectivity index (χ4v) is 0.413. The standard InChI is InChI=1S/C5H11AsO2S/c1-5(2,9)3(6)4(7)8/h3,9H,6H2,1-2H3,(H,7,8). The molecular weight excluding hydrogens is 199 g/mol. The minimum atomic E-state index is -0.769. The minimum absolute atomic E-state index is 0.340. The molecular formula is C5H11AsO2S. The van der Waals surface area contributed by atoms with Crippen molar-refractivity contribution in [3.8, 4) is 0 Å². The third-order valence-corrected chi connectivity index (χ3v) is 4.24. The molecule has 0 radical (unpaired) electrons. The summed E-state index contributed by atoms with van der Waals surface area (Å²) < 4.78 is -0.736. The van der Waals surface area contributed by atoms with Crippen LogP contribution in [-0.4, -0.2) is 32.7 Å². The molecule has 0 heterocycles. The van der Waals surface area contributed by atoms with Crippen LogP contribution in [0.5, 0.6) is 0 Å². The molecule has 0 aromatic heterocycles. The van der Waals surface area contributed by atoms with E-state index in [0.29, 0.717) is 0 Å². The summed E-state index contributed by atoms with van der Waals surface area (Å²) in [4.78, 5) is 10.3. The quantitative estimate of drug-likeness (QED) is 0.504. The van der Waals surface area contributed by atoms with Gasteiger partial charge >= 0.3 is 68.7 Å². The van der Waals surface area contributed by atoms with Gasteiger partial charge in [-0.15, -0.1) is 0 Å². The van der Waals surface area contributed by atoms with Crippen LogP contribution in [0.25, 0.3) is 0 Å². The van der Waals surface area contributed by atoms with Crippen molar-refractivity contribution >= 4 is 35.5 Å². The zero-order valence-corrected chi connectivity index (χ0v) is 8.77. The molecule has 0 bridgehead atoms. The van der Waals surface area contributed by atoms with Crippen LogP contribution in [0.4, 0.5) is 0 Å². The molecule has 2 nitrogen and oxygen atoms in total. The van der Waals surface area contributed by atoms with E-state index in [4.69, 9.17) is 5.11 Å². The topological polar surface area (TPSA) is 37.3 Å².